The molecule has 0 aliphatic heterocycles. The largest absolute Gasteiger partial charge is 0.466 e. The van der Waals surface area contributed by atoms with E-state index in [0.717, 1.165) is 64.2 Å². The fraction of sp³-hybridized carbons (Fsp3) is 0.905. The van der Waals surface area contributed by atoms with Gasteiger partial charge in [-0.3, -0.25) is 19.2 Å². The zero-order valence-corrected chi connectivity index (χ0v) is 33.2. The van der Waals surface area contributed by atoms with E-state index in [1.165, 1.54) is 25.7 Å². The molecule has 52 heavy (non-hydrogen) atoms. The molecule has 10 nitrogen and oxygen atoms in total. The molecule has 4 aliphatic rings. The Morgan fingerprint density at radius 3 is 2.08 bits per heavy atom. The van der Waals surface area contributed by atoms with Crippen molar-refractivity contribution in [2.45, 2.75) is 175 Å². The number of hydrogen-bond acceptors (Lipinski definition) is 10. The molecule has 1 unspecified atom stereocenters. The minimum atomic E-state index is -0.346. The first-order valence-electron chi connectivity index (χ1n) is 21.1. The molecule has 4 aliphatic carbocycles. The summed E-state index contributed by atoms with van der Waals surface area (Å²) >= 11 is 0. The Balaban J connectivity index is 1.56. The maximum Gasteiger partial charge on any atom is 0.307 e. The summed E-state index contributed by atoms with van der Waals surface area (Å²) < 4.78 is 24.5. The van der Waals surface area contributed by atoms with Crippen molar-refractivity contribution in [2.75, 3.05) is 19.7 Å². The van der Waals surface area contributed by atoms with Crippen LogP contribution in [0, 0.1) is 46.3 Å². The first kappa shape index (κ1) is 42.5. The van der Waals surface area contributed by atoms with Crippen molar-refractivity contribution in [3.8, 4) is 0 Å². The first-order valence-corrected chi connectivity index (χ1v) is 21.1. The number of ether oxygens (including phenoxy) is 4. The van der Waals surface area contributed by atoms with Gasteiger partial charge in [-0.05, 0) is 99.2 Å². The molecular formula is C42H72N2O8. The highest BCUT2D eigenvalue weighted by molar-refractivity contribution is 5.71. The van der Waals surface area contributed by atoms with E-state index in [0.29, 0.717) is 25.9 Å². The number of fused-ring (bicyclic) bond motifs is 5. The van der Waals surface area contributed by atoms with E-state index in [1.807, 2.05) is 6.92 Å². The second-order valence-electron chi connectivity index (χ2n) is 17.2. The predicted molar refractivity (Wildman–Crippen MR) is 201 cm³/mol. The number of carbonyl (C=O) groups is 4. The highest BCUT2D eigenvalue weighted by Gasteiger charge is 2.67. The number of unbranched alkanes of at least 4 members (excludes halogenated alkanes) is 5. The molecule has 0 radical (unpaired) electrons. The van der Waals surface area contributed by atoms with Gasteiger partial charge >= 0.3 is 23.9 Å². The molecule has 0 aromatic heterocycles. The molecule has 4 rings (SSSR count). The average molecular weight is 733 g/mol. The summed E-state index contributed by atoms with van der Waals surface area (Å²) in [7, 11) is 0. The molecule has 0 spiro atoms. The lowest BCUT2D eigenvalue weighted by atomic mass is 9.43. The molecular weight excluding hydrogens is 660 g/mol. The predicted octanol–water partition coefficient (Wildman–Crippen LogP) is 7.42. The third-order valence-electron chi connectivity index (χ3n) is 14.0. The van der Waals surface area contributed by atoms with E-state index in [4.69, 9.17) is 30.4 Å². The third-order valence-corrected chi connectivity index (χ3v) is 14.0. The molecule has 11 atom stereocenters. The Hall–Kier alpha value is -2.20. The van der Waals surface area contributed by atoms with E-state index in [9.17, 15) is 19.2 Å². The Kier molecular flexibility index (Phi) is 16.3. The molecule has 4 fully saturated rings. The van der Waals surface area contributed by atoms with Crippen molar-refractivity contribution in [1.29, 1.82) is 0 Å². The second-order valence-corrected chi connectivity index (χ2v) is 17.2. The minimum Gasteiger partial charge on any atom is -0.466 e. The van der Waals surface area contributed by atoms with Crippen molar-refractivity contribution >= 4 is 23.9 Å². The van der Waals surface area contributed by atoms with Gasteiger partial charge in [0.05, 0.1) is 19.4 Å². The maximum atomic E-state index is 13.2. The monoisotopic (exact) mass is 733 g/mol. The van der Waals surface area contributed by atoms with E-state index in [1.54, 1.807) is 0 Å². The van der Waals surface area contributed by atoms with Crippen LogP contribution >= 0.6 is 0 Å². The molecule has 0 amide bonds. The number of nitrogens with two attached hydrogens (primary N) is 2. The van der Waals surface area contributed by atoms with Crippen LogP contribution in [0.1, 0.15) is 157 Å². The Bertz CT molecular complexity index is 1180. The highest BCUT2D eigenvalue weighted by Crippen LogP contribution is 2.69. The van der Waals surface area contributed by atoms with Gasteiger partial charge in [-0.15, -0.1) is 0 Å². The lowest BCUT2D eigenvalue weighted by Gasteiger charge is -2.64. The van der Waals surface area contributed by atoms with E-state index >= 15 is 0 Å². The molecule has 0 aromatic carbocycles. The van der Waals surface area contributed by atoms with Gasteiger partial charge in [-0.25, -0.2) is 0 Å². The second kappa shape index (κ2) is 19.9. The number of rotatable bonds is 20. The molecule has 0 heterocycles. The van der Waals surface area contributed by atoms with Crippen LogP contribution in [0.15, 0.2) is 0 Å². The van der Waals surface area contributed by atoms with E-state index < -0.39 is 0 Å². The van der Waals surface area contributed by atoms with Crippen molar-refractivity contribution in [2.24, 2.45) is 57.8 Å². The average Bonchev–Trinajstić information content (AvgIpc) is 3.46. The van der Waals surface area contributed by atoms with Crippen LogP contribution in [0.3, 0.4) is 0 Å². The maximum absolute atomic E-state index is 13.2. The molecule has 0 aromatic rings. The fourth-order valence-electron chi connectivity index (χ4n) is 11.3. The summed E-state index contributed by atoms with van der Waals surface area (Å²) in [4.78, 5) is 51.7. The fourth-order valence-corrected chi connectivity index (χ4v) is 11.3. The summed E-state index contributed by atoms with van der Waals surface area (Å²) in [5, 5.41) is 0. The van der Waals surface area contributed by atoms with Gasteiger partial charge in [0.1, 0.15) is 18.3 Å². The van der Waals surface area contributed by atoms with Crippen LogP contribution in [0.4, 0.5) is 0 Å². The summed E-state index contributed by atoms with van der Waals surface area (Å²) in [5.74, 6) is 0.330. The van der Waals surface area contributed by atoms with Gasteiger partial charge in [0, 0.05) is 37.3 Å². The standard InChI is InChI=1S/C42H72N2O8/c1-6-8-9-10-11-12-24-49-36(45)17-14-28(3)31-15-16-32-40-33(27-35(42(31,32)5)52-39(48)20-23-44)41(4)21-18-30(50-38(47)19-22-43)25-29(41)26-34(40)51-37(46)13-7-2/h28-35,40H,6-27,43-44H2,1-5H3/t28-,29+,30-,31-,32+,33+,34-,35+,40?,41+,42-/m1/s1. The molecule has 10 heteroatoms. The van der Waals surface area contributed by atoms with Gasteiger partial charge in [0.25, 0.3) is 0 Å². The topological polar surface area (TPSA) is 157 Å². The van der Waals surface area contributed by atoms with E-state index in [-0.39, 0.29) is 114 Å². The van der Waals surface area contributed by atoms with Gasteiger partial charge in [-0.1, -0.05) is 66.7 Å². The number of carbonyl (C=O) groups excluding carboxylic acids is 4. The number of esters is 4. The smallest absolute Gasteiger partial charge is 0.307 e. The Labute approximate surface area is 313 Å². The SMILES string of the molecule is CCCCCCCCOC(=O)CC[C@@H](C)[C@H]1CC[C@H]2C3[C@H](OC(=O)CCC)C[C@@H]4C[C@H](OC(=O)CCN)CC[C@]4(C)[C@H]3C[C@H](OC(=O)CCN)[C@]12C. The molecule has 0 bridgehead atoms. The van der Waals surface area contributed by atoms with Crippen molar-refractivity contribution < 1.29 is 38.1 Å². The Morgan fingerprint density at radius 2 is 1.38 bits per heavy atom. The van der Waals surface area contributed by atoms with Crippen molar-refractivity contribution in [3.05, 3.63) is 0 Å². The minimum absolute atomic E-state index is 0.0849. The molecule has 0 saturated heterocycles. The highest BCUT2D eigenvalue weighted by atomic mass is 16.6. The zero-order valence-electron chi connectivity index (χ0n) is 33.2. The summed E-state index contributed by atoms with van der Waals surface area (Å²) in [6.45, 7) is 12.1. The van der Waals surface area contributed by atoms with Crippen LogP contribution in [0.5, 0.6) is 0 Å². The van der Waals surface area contributed by atoms with E-state index in [2.05, 4.69) is 27.7 Å². The summed E-state index contributed by atoms with van der Waals surface area (Å²) in [5.41, 5.74) is 11.0. The normalized spacial score (nSPS) is 34.3. The van der Waals surface area contributed by atoms with Crippen molar-refractivity contribution in [3.63, 3.8) is 0 Å². The molecule has 298 valence electrons. The van der Waals surface area contributed by atoms with Crippen molar-refractivity contribution in [1.82, 2.24) is 0 Å². The first-order chi connectivity index (χ1) is 24.9. The van der Waals surface area contributed by atoms with Crippen LogP contribution in [-0.2, 0) is 38.1 Å². The van der Waals surface area contributed by atoms with Gasteiger partial charge in [0.15, 0.2) is 0 Å². The molecule has 4 saturated carbocycles. The molecule has 4 N–H and O–H groups in total. The van der Waals surface area contributed by atoms with Gasteiger partial charge in [0.2, 0.25) is 0 Å². The quantitative estimate of drug-likeness (QED) is 0.0733. The van der Waals surface area contributed by atoms with Gasteiger partial charge in [-0.2, -0.15) is 0 Å². The Morgan fingerprint density at radius 1 is 0.712 bits per heavy atom. The number of hydrogen-bond donors (Lipinski definition) is 2. The zero-order chi connectivity index (χ0) is 37.9. The van der Waals surface area contributed by atoms with Crippen LogP contribution in [0.25, 0.3) is 0 Å². The van der Waals surface area contributed by atoms with Gasteiger partial charge < -0.3 is 30.4 Å². The third kappa shape index (κ3) is 10.1. The lowest BCUT2D eigenvalue weighted by Crippen LogP contribution is -2.63. The van der Waals surface area contributed by atoms with Crippen LogP contribution in [0.2, 0.25) is 0 Å². The summed E-state index contributed by atoms with van der Waals surface area (Å²) in [6.07, 6.45) is 14.5. The summed E-state index contributed by atoms with van der Waals surface area (Å²) in [6, 6.07) is 0. The van der Waals surface area contributed by atoms with Crippen LogP contribution < -0.4 is 11.5 Å². The lowest BCUT2D eigenvalue weighted by molar-refractivity contribution is -0.225. The van der Waals surface area contributed by atoms with Crippen LogP contribution in [-0.4, -0.2) is 61.9 Å².